The monoisotopic (exact) mass is 381 g/mol. The minimum absolute atomic E-state index is 0.0140. The molecule has 0 radical (unpaired) electrons. The molecule has 1 aromatic heterocycles. The minimum atomic E-state index is -0.100. The maximum Gasteiger partial charge on any atom is 0.261 e. The van der Waals surface area contributed by atoms with Gasteiger partial charge in [0.25, 0.3) is 5.91 Å². The van der Waals surface area contributed by atoms with E-state index in [0.29, 0.717) is 23.4 Å². The van der Waals surface area contributed by atoms with E-state index in [1.54, 1.807) is 0 Å². The van der Waals surface area contributed by atoms with Crippen molar-refractivity contribution < 1.29 is 14.1 Å². The fourth-order valence-corrected chi connectivity index (χ4v) is 5.32. The van der Waals surface area contributed by atoms with Gasteiger partial charge in [0.15, 0.2) is 12.4 Å². The molecule has 2 bridgehead atoms. The first-order chi connectivity index (χ1) is 13.8. The summed E-state index contributed by atoms with van der Waals surface area (Å²) in [4.78, 5) is 19.5. The van der Waals surface area contributed by atoms with E-state index in [2.05, 4.69) is 5.16 Å². The normalized spacial score (nSPS) is 29.2. The molecule has 2 heterocycles. The number of hydrogen-bond acceptors (Lipinski definition) is 5. The first kappa shape index (κ1) is 17.7. The molecule has 2 saturated carbocycles. The predicted molar refractivity (Wildman–Crippen MR) is 103 cm³/mol. The van der Waals surface area contributed by atoms with Gasteiger partial charge in [0, 0.05) is 12.5 Å². The summed E-state index contributed by atoms with van der Waals surface area (Å²) in [5, 5.41) is 4.30. The van der Waals surface area contributed by atoms with Gasteiger partial charge in [0.1, 0.15) is 5.75 Å². The summed E-state index contributed by atoms with van der Waals surface area (Å²) < 4.78 is 11.4. The molecule has 6 nitrogen and oxygen atoms in total. The van der Waals surface area contributed by atoms with E-state index in [0.717, 1.165) is 37.6 Å². The fourth-order valence-electron chi connectivity index (χ4n) is 5.32. The average Bonchev–Trinajstić information content (AvgIpc) is 3.49. The second kappa shape index (κ2) is 7.57. The van der Waals surface area contributed by atoms with Gasteiger partial charge < -0.3 is 14.2 Å². The molecule has 1 aromatic carbocycles. The van der Waals surface area contributed by atoms with Crippen LogP contribution in [0.3, 0.4) is 0 Å². The number of hydrogen-bond donors (Lipinski definition) is 0. The van der Waals surface area contributed by atoms with Crippen LogP contribution >= 0.6 is 0 Å². The summed E-state index contributed by atoms with van der Waals surface area (Å²) in [6.45, 7) is 0.761. The largest absolute Gasteiger partial charge is 0.484 e. The number of piperidine rings is 1. The second-order valence-electron chi connectivity index (χ2n) is 8.47. The molecule has 0 N–H and O–H groups in total. The Morgan fingerprint density at radius 1 is 1.14 bits per heavy atom. The van der Waals surface area contributed by atoms with E-state index in [9.17, 15) is 4.79 Å². The van der Waals surface area contributed by atoms with Crippen LogP contribution in [0.5, 0.6) is 5.75 Å². The molecule has 2 aliphatic carbocycles. The molecular weight excluding hydrogens is 354 g/mol. The summed E-state index contributed by atoms with van der Waals surface area (Å²) in [6, 6.07) is 9.36. The van der Waals surface area contributed by atoms with E-state index in [1.165, 1.54) is 25.7 Å². The number of aromatic nitrogens is 2. The molecule has 1 amide bonds. The third-order valence-electron chi connectivity index (χ3n) is 6.74. The first-order valence-corrected chi connectivity index (χ1v) is 10.6. The molecular formula is C22H27N3O3. The van der Waals surface area contributed by atoms with E-state index in [4.69, 9.17) is 14.2 Å². The highest BCUT2D eigenvalue weighted by Gasteiger charge is 2.43. The van der Waals surface area contributed by atoms with Crippen LogP contribution in [-0.2, 0) is 4.79 Å². The Bertz CT molecular complexity index is 821. The summed E-state index contributed by atoms with van der Waals surface area (Å²) in [6.07, 6.45) is 8.10. The van der Waals surface area contributed by atoms with E-state index < -0.39 is 0 Å². The number of fused-ring (bicyclic) bond motifs is 2. The Morgan fingerprint density at radius 3 is 2.82 bits per heavy atom. The molecule has 1 unspecified atom stereocenters. The van der Waals surface area contributed by atoms with Gasteiger partial charge in [-0.25, -0.2) is 0 Å². The number of carbonyl (C=O) groups excluding carboxylic acids is 1. The van der Waals surface area contributed by atoms with Crippen LogP contribution in [0.25, 0.3) is 0 Å². The van der Waals surface area contributed by atoms with Crippen molar-refractivity contribution in [2.75, 3.05) is 13.2 Å². The first-order valence-electron chi connectivity index (χ1n) is 10.6. The zero-order chi connectivity index (χ0) is 18.9. The van der Waals surface area contributed by atoms with Gasteiger partial charge in [-0.3, -0.25) is 4.79 Å². The summed E-state index contributed by atoms with van der Waals surface area (Å²) in [5.41, 5.74) is 0. The Kier molecular flexibility index (Phi) is 4.79. The Morgan fingerprint density at radius 2 is 2.04 bits per heavy atom. The third kappa shape index (κ3) is 3.40. The van der Waals surface area contributed by atoms with Crippen molar-refractivity contribution in [2.45, 2.75) is 56.9 Å². The standard InChI is InChI=1S/C22H27N3O3/c26-20(14-27-17-6-2-1-3-7-17)25-11-5-4-8-19(25)21-23-22(28-24-21)18-13-15-9-10-16(18)12-15/h1-3,6-7,15-16,18-19H,4-5,8-14H2/t15-,16+,18?,19-/m1/s1. The lowest BCUT2D eigenvalue weighted by Gasteiger charge is -2.33. The smallest absolute Gasteiger partial charge is 0.261 e. The van der Waals surface area contributed by atoms with E-state index in [1.807, 2.05) is 35.2 Å². The van der Waals surface area contributed by atoms with Crippen molar-refractivity contribution in [1.29, 1.82) is 0 Å². The molecule has 3 fully saturated rings. The van der Waals surface area contributed by atoms with Crippen molar-refractivity contribution in [1.82, 2.24) is 15.0 Å². The van der Waals surface area contributed by atoms with Crippen LogP contribution in [0.15, 0.2) is 34.9 Å². The third-order valence-corrected chi connectivity index (χ3v) is 6.74. The SMILES string of the molecule is O=C(COc1ccccc1)N1CCCC[C@@H]1c1noc(C2C[C@@H]3CC[C@H]2C3)n1. The maximum absolute atomic E-state index is 12.8. The van der Waals surface area contributed by atoms with Gasteiger partial charge in [0.05, 0.1) is 6.04 Å². The summed E-state index contributed by atoms with van der Waals surface area (Å²) >= 11 is 0. The van der Waals surface area contributed by atoms with Crippen LogP contribution in [0, 0.1) is 11.8 Å². The van der Waals surface area contributed by atoms with Gasteiger partial charge in [-0.1, -0.05) is 29.8 Å². The lowest BCUT2D eigenvalue weighted by Crippen LogP contribution is -2.41. The fraction of sp³-hybridized carbons (Fsp3) is 0.591. The number of ether oxygens (including phenoxy) is 1. The quantitative estimate of drug-likeness (QED) is 0.780. The van der Waals surface area contributed by atoms with Crippen molar-refractivity contribution in [2.24, 2.45) is 11.8 Å². The highest BCUT2D eigenvalue weighted by Crippen LogP contribution is 2.52. The van der Waals surface area contributed by atoms with Crippen LogP contribution in [-0.4, -0.2) is 34.1 Å². The summed E-state index contributed by atoms with van der Waals surface area (Å²) in [5.74, 6) is 4.14. The maximum atomic E-state index is 12.8. The van der Waals surface area contributed by atoms with E-state index >= 15 is 0 Å². The number of nitrogens with zero attached hydrogens (tertiary/aromatic N) is 3. The summed E-state index contributed by atoms with van der Waals surface area (Å²) in [7, 11) is 0. The van der Waals surface area contributed by atoms with Gasteiger partial charge in [-0.2, -0.15) is 4.98 Å². The lowest BCUT2D eigenvalue weighted by atomic mass is 9.89. The minimum Gasteiger partial charge on any atom is -0.484 e. The highest BCUT2D eigenvalue weighted by atomic mass is 16.5. The van der Waals surface area contributed by atoms with Crippen LogP contribution in [0.1, 0.15) is 68.6 Å². The molecule has 4 atom stereocenters. The van der Waals surface area contributed by atoms with Crippen molar-refractivity contribution in [3.63, 3.8) is 0 Å². The Labute approximate surface area is 165 Å². The van der Waals surface area contributed by atoms with Crippen molar-refractivity contribution >= 4 is 5.91 Å². The molecule has 2 aromatic rings. The number of likely N-dealkylation sites (tertiary alicyclic amines) is 1. The molecule has 0 spiro atoms. The topological polar surface area (TPSA) is 68.5 Å². The number of benzene rings is 1. The van der Waals surface area contributed by atoms with Crippen molar-refractivity contribution in [3.05, 3.63) is 42.0 Å². The highest BCUT2D eigenvalue weighted by molar-refractivity contribution is 5.78. The number of para-hydroxylation sites is 1. The van der Waals surface area contributed by atoms with Crippen molar-refractivity contribution in [3.8, 4) is 5.75 Å². The molecule has 148 valence electrons. The lowest BCUT2D eigenvalue weighted by molar-refractivity contribution is -0.137. The Balaban J connectivity index is 1.27. The Hall–Kier alpha value is -2.37. The van der Waals surface area contributed by atoms with Gasteiger partial charge in [0.2, 0.25) is 5.89 Å². The number of amides is 1. The number of rotatable bonds is 5. The van der Waals surface area contributed by atoms with Crippen LogP contribution in [0.4, 0.5) is 0 Å². The molecule has 6 heteroatoms. The van der Waals surface area contributed by atoms with Gasteiger partial charge >= 0.3 is 0 Å². The molecule has 1 aliphatic heterocycles. The van der Waals surface area contributed by atoms with Crippen LogP contribution in [0.2, 0.25) is 0 Å². The average molecular weight is 381 g/mol. The van der Waals surface area contributed by atoms with E-state index in [-0.39, 0.29) is 18.6 Å². The molecule has 1 saturated heterocycles. The van der Waals surface area contributed by atoms with Gasteiger partial charge in [-0.15, -0.1) is 0 Å². The predicted octanol–water partition coefficient (Wildman–Crippen LogP) is 4.11. The van der Waals surface area contributed by atoms with Gasteiger partial charge in [-0.05, 0) is 62.5 Å². The number of carbonyl (C=O) groups is 1. The zero-order valence-corrected chi connectivity index (χ0v) is 16.1. The van der Waals surface area contributed by atoms with Crippen LogP contribution < -0.4 is 4.74 Å². The zero-order valence-electron chi connectivity index (χ0n) is 16.1. The molecule has 5 rings (SSSR count). The molecule has 28 heavy (non-hydrogen) atoms. The second-order valence-corrected chi connectivity index (χ2v) is 8.47. The molecule has 3 aliphatic rings.